The van der Waals surface area contributed by atoms with E-state index in [1.165, 1.54) is 78.3 Å². The second-order valence-corrected chi connectivity index (χ2v) is 38.2. The molecule has 0 radical (unpaired) electrons. The summed E-state index contributed by atoms with van der Waals surface area (Å²) in [6, 6.07) is 74.5. The molecule has 10 aliphatic carbocycles. The summed E-state index contributed by atoms with van der Waals surface area (Å²) in [4.78, 5) is 62.5. The molecule has 0 saturated heterocycles. The summed E-state index contributed by atoms with van der Waals surface area (Å²) in [7, 11) is 0. The van der Waals surface area contributed by atoms with Crippen LogP contribution in [0.4, 0.5) is 0 Å². The first-order valence-electron chi connectivity index (χ1n) is 37.8. The molecular weight excluding hydrogens is 1580 g/mol. The molecule has 0 aliphatic heterocycles. The van der Waals surface area contributed by atoms with Crippen molar-refractivity contribution >= 4 is 143 Å². The number of carboxylic acids is 5. The molecule has 0 N–H and O–H groups in total. The molecular formula is C90H85O10S5Ta. The van der Waals surface area contributed by atoms with E-state index in [-0.39, 0.29) is 52.0 Å². The molecule has 20 unspecified atom stereocenters. The van der Waals surface area contributed by atoms with Gasteiger partial charge in [0.15, 0.2) is 0 Å². The van der Waals surface area contributed by atoms with Crippen molar-refractivity contribution in [3.8, 4) is 0 Å². The summed E-state index contributed by atoms with van der Waals surface area (Å²) in [6.07, 6.45) is 15.3. The van der Waals surface area contributed by atoms with E-state index in [2.05, 4.69) is 212 Å². The van der Waals surface area contributed by atoms with Gasteiger partial charge in [-0.05, 0) is 270 Å². The molecule has 10 fully saturated rings. The van der Waals surface area contributed by atoms with Crippen LogP contribution in [0.25, 0.3) is 53.9 Å². The SMILES string of the molecule is O=C([O-])C1CC2CC(Sc3ccc4ccccc4c3)C1C2.O=C([O-])C1CC2CC(Sc3ccc4ccccc4c3)C1C2.O=C([O-])C1CC2CC(Sc3ccc4ccccc4c3)C1C2.O=C([O-])C1CC2CC(Sc3ccc4ccccc4c3)C1C2.O=C([O-])C1CC2CC(Sc3ccc4ccccc4c3)C1C2.[Ta+5]. The minimum atomic E-state index is -0.841. The molecule has 0 amide bonds. The number of thioether (sulfide) groups is 5. The van der Waals surface area contributed by atoms with Gasteiger partial charge in [0.2, 0.25) is 0 Å². The van der Waals surface area contributed by atoms with Gasteiger partial charge in [-0.15, -0.1) is 58.8 Å². The average molecular weight is 1670 g/mol. The van der Waals surface area contributed by atoms with Crippen LogP contribution in [0, 0.1) is 88.8 Å². The molecule has 0 heterocycles. The van der Waals surface area contributed by atoms with Crippen LogP contribution in [-0.4, -0.2) is 56.1 Å². The van der Waals surface area contributed by atoms with Gasteiger partial charge in [0.25, 0.3) is 0 Å². The quantitative estimate of drug-likeness (QED) is 0.0937. The van der Waals surface area contributed by atoms with Crippen molar-refractivity contribution in [2.24, 2.45) is 88.8 Å². The zero-order chi connectivity index (χ0) is 72.0. The Kier molecular flexibility index (Phi) is 23.2. The van der Waals surface area contributed by atoms with Crippen molar-refractivity contribution in [1.82, 2.24) is 0 Å². The predicted molar refractivity (Wildman–Crippen MR) is 415 cm³/mol. The molecule has 10 aliphatic rings. The van der Waals surface area contributed by atoms with E-state index in [0.29, 0.717) is 85.4 Å². The van der Waals surface area contributed by atoms with Crippen LogP contribution >= 0.6 is 58.8 Å². The van der Waals surface area contributed by atoms with Crippen LogP contribution in [0.3, 0.4) is 0 Å². The third-order valence-corrected chi connectivity index (χ3v) is 32.2. The maximum Gasteiger partial charge on any atom is 5.00 e. The Morgan fingerprint density at radius 2 is 0.377 bits per heavy atom. The molecule has 0 spiro atoms. The average Bonchev–Trinajstić information content (AvgIpc) is 1.65. The van der Waals surface area contributed by atoms with Gasteiger partial charge in [-0.2, -0.15) is 0 Å². The van der Waals surface area contributed by atoms with Gasteiger partial charge in [0.05, 0.1) is 0 Å². The molecule has 10 bridgehead atoms. The second kappa shape index (κ2) is 32.9. The van der Waals surface area contributed by atoms with Gasteiger partial charge in [-0.25, -0.2) is 0 Å². The Morgan fingerprint density at radius 3 is 0.528 bits per heavy atom. The van der Waals surface area contributed by atoms with Crippen molar-refractivity contribution in [2.75, 3.05) is 0 Å². The Labute approximate surface area is 657 Å². The van der Waals surface area contributed by atoms with E-state index in [1.54, 1.807) is 0 Å². The molecule has 10 nitrogen and oxygen atoms in total. The number of carbonyl (C=O) groups excluding carboxylic acids is 5. The number of rotatable bonds is 15. The third-order valence-electron chi connectivity index (χ3n) is 25.3. The maximum absolute atomic E-state index is 11.2. The molecule has 20 rings (SSSR count). The number of hydrogen-bond donors (Lipinski definition) is 0. The Bertz CT molecular complexity index is 4190. The van der Waals surface area contributed by atoms with Crippen LogP contribution in [0.2, 0.25) is 0 Å². The van der Waals surface area contributed by atoms with E-state index in [9.17, 15) is 49.5 Å². The predicted octanol–water partition coefficient (Wildman–Crippen LogP) is 15.5. The molecule has 16 heteroatoms. The minimum absolute atomic E-state index is 0. The van der Waals surface area contributed by atoms with Crippen LogP contribution in [0.5, 0.6) is 0 Å². The second-order valence-electron chi connectivity index (χ2n) is 31.6. The Balaban J connectivity index is 0.000000106. The number of carbonyl (C=O) groups is 5. The summed E-state index contributed by atoms with van der Waals surface area (Å²) < 4.78 is 0. The summed E-state index contributed by atoms with van der Waals surface area (Å²) in [5, 5.41) is 70.9. The van der Waals surface area contributed by atoms with Gasteiger partial charge in [0, 0.05) is 110 Å². The van der Waals surface area contributed by atoms with Gasteiger partial charge in [-0.1, -0.05) is 152 Å². The number of carboxylic acid groups (broad SMARTS) is 5. The van der Waals surface area contributed by atoms with Gasteiger partial charge >= 0.3 is 22.4 Å². The normalized spacial score (nSPS) is 30.6. The summed E-state index contributed by atoms with van der Waals surface area (Å²) in [5.41, 5.74) is 0. The summed E-state index contributed by atoms with van der Waals surface area (Å²) in [5.74, 6) is -0.832. The first-order chi connectivity index (χ1) is 51.0. The van der Waals surface area contributed by atoms with Crippen LogP contribution < -0.4 is 25.5 Å². The Morgan fingerprint density at radius 1 is 0.217 bits per heavy atom. The van der Waals surface area contributed by atoms with Crippen molar-refractivity contribution in [3.05, 3.63) is 212 Å². The molecule has 10 aromatic carbocycles. The van der Waals surface area contributed by atoms with Crippen LogP contribution in [0.1, 0.15) is 96.3 Å². The summed E-state index contributed by atoms with van der Waals surface area (Å²) >= 11 is 9.30. The smallest absolute Gasteiger partial charge is 0.550 e. The standard InChI is InChI=1S/5C18H18O2S.Ta/c5*19-18(20)16-8-11-7-15(16)17(9-11)21-14-6-5-12-3-1-2-4-13(12)10-14;/h5*1-6,10-11,15-17H,7-9H2,(H,19,20);/q;;;;;+5/p-5. The van der Waals surface area contributed by atoms with Crippen molar-refractivity contribution in [3.63, 3.8) is 0 Å². The molecule has 10 aromatic rings. The zero-order valence-corrected chi connectivity index (χ0v) is 66.2. The van der Waals surface area contributed by atoms with E-state index in [4.69, 9.17) is 0 Å². The number of benzene rings is 10. The number of aliphatic carboxylic acids is 5. The van der Waals surface area contributed by atoms with Crippen molar-refractivity contribution in [2.45, 2.75) is 147 Å². The van der Waals surface area contributed by atoms with Crippen LogP contribution in [0.15, 0.2) is 237 Å². The topological polar surface area (TPSA) is 201 Å². The largest absolute Gasteiger partial charge is 5.00 e. The molecule has 20 atom stereocenters. The van der Waals surface area contributed by atoms with E-state index >= 15 is 0 Å². The van der Waals surface area contributed by atoms with E-state index in [1.807, 2.05) is 58.8 Å². The molecule has 106 heavy (non-hydrogen) atoms. The summed E-state index contributed by atoms with van der Waals surface area (Å²) in [6.45, 7) is 0. The molecule has 540 valence electrons. The fourth-order valence-electron chi connectivity index (χ4n) is 20.5. The van der Waals surface area contributed by atoms with E-state index in [0.717, 1.165) is 96.3 Å². The van der Waals surface area contributed by atoms with Gasteiger partial charge < -0.3 is 49.5 Å². The first kappa shape index (κ1) is 74.8. The first-order valence-corrected chi connectivity index (χ1v) is 42.2. The third kappa shape index (κ3) is 16.6. The van der Waals surface area contributed by atoms with Crippen molar-refractivity contribution < 1.29 is 71.9 Å². The monoisotopic (exact) mass is 1670 g/mol. The Hall–Kier alpha value is -6.66. The van der Waals surface area contributed by atoms with E-state index < -0.39 is 29.8 Å². The number of hydrogen-bond acceptors (Lipinski definition) is 15. The van der Waals surface area contributed by atoms with Crippen LogP contribution in [-0.2, 0) is 46.4 Å². The molecule has 10 saturated carbocycles. The van der Waals surface area contributed by atoms with Gasteiger partial charge in [-0.3, -0.25) is 0 Å². The van der Waals surface area contributed by atoms with Crippen molar-refractivity contribution in [1.29, 1.82) is 0 Å². The number of fused-ring (bicyclic) bond motifs is 15. The maximum atomic E-state index is 11.2. The molecule has 0 aromatic heterocycles. The fourth-order valence-corrected chi connectivity index (χ4v) is 28.2. The minimum Gasteiger partial charge on any atom is -0.550 e. The zero-order valence-electron chi connectivity index (χ0n) is 58.9. The fraction of sp³-hybridized carbons (Fsp3) is 0.389. The van der Waals surface area contributed by atoms with Gasteiger partial charge in [0.1, 0.15) is 0 Å².